The molecule has 6 nitrogen and oxygen atoms in total. The van der Waals surface area contributed by atoms with Gasteiger partial charge in [0.05, 0.1) is 17.3 Å². The molecule has 0 saturated carbocycles. The molecule has 0 aliphatic carbocycles. The van der Waals surface area contributed by atoms with E-state index < -0.39 is 0 Å². The summed E-state index contributed by atoms with van der Waals surface area (Å²) < 4.78 is 1.73. The van der Waals surface area contributed by atoms with Crippen LogP contribution >= 0.6 is 0 Å². The van der Waals surface area contributed by atoms with E-state index in [1.165, 1.54) is 7.05 Å². The Labute approximate surface area is 116 Å². The van der Waals surface area contributed by atoms with Gasteiger partial charge in [-0.3, -0.25) is 19.2 Å². The number of carbonyl (C=O) groups excluding carboxylic acids is 2. The Kier molecular flexibility index (Phi) is 2.78. The molecule has 0 radical (unpaired) electrons. The van der Waals surface area contributed by atoms with Gasteiger partial charge in [-0.15, -0.1) is 0 Å². The number of hydrogen-bond acceptors (Lipinski definition) is 4. The molecular weight excluding hydrogens is 256 g/mol. The van der Waals surface area contributed by atoms with Crippen molar-refractivity contribution in [2.45, 2.75) is 6.54 Å². The molecule has 0 bridgehead atoms. The van der Waals surface area contributed by atoms with Crippen molar-refractivity contribution in [3.05, 3.63) is 47.3 Å². The minimum absolute atomic E-state index is 0.246. The summed E-state index contributed by atoms with van der Waals surface area (Å²) in [4.78, 5) is 24.8. The number of benzene rings is 1. The first-order valence-electron chi connectivity index (χ1n) is 6.24. The Morgan fingerprint density at radius 3 is 2.60 bits per heavy atom. The van der Waals surface area contributed by atoms with E-state index in [0.717, 1.165) is 16.2 Å². The van der Waals surface area contributed by atoms with Crippen LogP contribution in [0.5, 0.6) is 0 Å². The first-order valence-corrected chi connectivity index (χ1v) is 6.24. The molecule has 0 fully saturated rings. The quantitative estimate of drug-likeness (QED) is 0.853. The number of aromatic nitrogens is 2. The molecule has 0 spiro atoms. The minimum Gasteiger partial charge on any atom is -0.381 e. The number of nitrogens with zero attached hydrogens (tertiary/aromatic N) is 3. The second-order valence-electron chi connectivity index (χ2n) is 4.81. The first-order chi connectivity index (χ1) is 9.56. The SMILES string of the molecule is CN1C(=O)c2ccc(NCc3cnn(C)c3)cc2C1=O. The number of hydrogen-bond donors (Lipinski definition) is 1. The fourth-order valence-corrected chi connectivity index (χ4v) is 2.24. The van der Waals surface area contributed by atoms with Gasteiger partial charge in [-0.05, 0) is 18.2 Å². The molecule has 1 N–H and O–H groups in total. The summed E-state index contributed by atoms with van der Waals surface area (Å²) in [6, 6.07) is 5.21. The Balaban J connectivity index is 1.80. The van der Waals surface area contributed by atoms with Gasteiger partial charge in [0.25, 0.3) is 11.8 Å². The first kappa shape index (κ1) is 12.4. The number of carbonyl (C=O) groups is 2. The fourth-order valence-electron chi connectivity index (χ4n) is 2.24. The topological polar surface area (TPSA) is 67.2 Å². The van der Waals surface area contributed by atoms with E-state index in [1.807, 2.05) is 13.2 Å². The lowest BCUT2D eigenvalue weighted by molar-refractivity contribution is 0.0693. The van der Waals surface area contributed by atoms with Gasteiger partial charge in [-0.1, -0.05) is 0 Å². The number of aryl methyl sites for hydroxylation is 1. The van der Waals surface area contributed by atoms with Crippen LogP contribution < -0.4 is 5.32 Å². The van der Waals surface area contributed by atoms with Crippen molar-refractivity contribution in [2.24, 2.45) is 7.05 Å². The number of amides is 2. The van der Waals surface area contributed by atoms with Gasteiger partial charge in [-0.2, -0.15) is 5.10 Å². The summed E-state index contributed by atoms with van der Waals surface area (Å²) in [6.45, 7) is 0.616. The number of rotatable bonds is 3. The lowest BCUT2D eigenvalue weighted by Crippen LogP contribution is -2.24. The Hall–Kier alpha value is -2.63. The second kappa shape index (κ2) is 4.48. The maximum Gasteiger partial charge on any atom is 0.261 e. The zero-order chi connectivity index (χ0) is 14.3. The highest BCUT2D eigenvalue weighted by molar-refractivity contribution is 6.21. The van der Waals surface area contributed by atoms with Crippen molar-refractivity contribution >= 4 is 17.5 Å². The predicted molar refractivity (Wildman–Crippen MR) is 73.4 cm³/mol. The van der Waals surface area contributed by atoms with Crippen molar-refractivity contribution in [3.8, 4) is 0 Å². The zero-order valence-corrected chi connectivity index (χ0v) is 11.3. The normalized spacial score (nSPS) is 13.8. The van der Waals surface area contributed by atoms with E-state index in [-0.39, 0.29) is 11.8 Å². The lowest BCUT2D eigenvalue weighted by Gasteiger charge is -2.05. The van der Waals surface area contributed by atoms with Crippen LogP contribution in [0.1, 0.15) is 26.3 Å². The smallest absolute Gasteiger partial charge is 0.261 e. The average Bonchev–Trinajstić information content (AvgIpc) is 2.95. The third kappa shape index (κ3) is 1.95. The van der Waals surface area contributed by atoms with Gasteiger partial charge in [0, 0.05) is 38.1 Å². The summed E-state index contributed by atoms with van der Waals surface area (Å²) >= 11 is 0. The molecule has 1 aromatic heterocycles. The lowest BCUT2D eigenvalue weighted by atomic mass is 10.1. The summed E-state index contributed by atoms with van der Waals surface area (Å²) in [5.41, 5.74) is 2.77. The monoisotopic (exact) mass is 270 g/mol. The third-order valence-corrected chi connectivity index (χ3v) is 3.34. The summed E-state index contributed by atoms with van der Waals surface area (Å²) in [6.07, 6.45) is 3.70. The Bertz CT molecular complexity index is 705. The largest absolute Gasteiger partial charge is 0.381 e. The highest BCUT2D eigenvalue weighted by atomic mass is 16.2. The van der Waals surface area contributed by atoms with Gasteiger partial charge >= 0.3 is 0 Å². The average molecular weight is 270 g/mol. The summed E-state index contributed by atoms with van der Waals surface area (Å²) in [7, 11) is 3.35. The standard InChI is InChI=1S/C14H14N4O2/c1-17-8-9(7-16-17)6-15-10-3-4-11-12(5-10)14(20)18(2)13(11)19/h3-5,7-8,15H,6H2,1-2H3. The van der Waals surface area contributed by atoms with Crippen LogP contribution in [0.4, 0.5) is 5.69 Å². The van der Waals surface area contributed by atoms with Gasteiger partial charge in [0.2, 0.25) is 0 Å². The zero-order valence-electron chi connectivity index (χ0n) is 11.3. The van der Waals surface area contributed by atoms with Crippen molar-refractivity contribution in [2.75, 3.05) is 12.4 Å². The Morgan fingerprint density at radius 1 is 1.15 bits per heavy atom. The molecule has 1 aliphatic rings. The van der Waals surface area contributed by atoms with Gasteiger partial charge in [0.15, 0.2) is 0 Å². The summed E-state index contributed by atoms with van der Waals surface area (Å²) in [5.74, 6) is -0.501. The maximum atomic E-state index is 11.9. The number of imide groups is 1. The molecule has 20 heavy (non-hydrogen) atoms. The van der Waals surface area contributed by atoms with Gasteiger partial charge in [0.1, 0.15) is 0 Å². The van der Waals surface area contributed by atoms with Crippen LogP contribution in [0.3, 0.4) is 0 Å². The number of fused-ring (bicyclic) bond motifs is 1. The van der Waals surface area contributed by atoms with Crippen molar-refractivity contribution in [3.63, 3.8) is 0 Å². The van der Waals surface area contributed by atoms with Gasteiger partial charge < -0.3 is 5.32 Å². The van der Waals surface area contributed by atoms with Crippen LogP contribution in [0.25, 0.3) is 0 Å². The molecule has 0 atom stereocenters. The number of nitrogens with one attached hydrogen (secondary N) is 1. The predicted octanol–water partition coefficient (Wildman–Crippen LogP) is 1.26. The highest BCUT2D eigenvalue weighted by Crippen LogP contribution is 2.24. The van der Waals surface area contributed by atoms with Crippen molar-refractivity contribution < 1.29 is 9.59 Å². The summed E-state index contributed by atoms with van der Waals surface area (Å²) in [5, 5.41) is 7.31. The molecule has 2 amide bonds. The van der Waals surface area contributed by atoms with E-state index >= 15 is 0 Å². The Morgan fingerprint density at radius 2 is 1.90 bits per heavy atom. The third-order valence-electron chi connectivity index (χ3n) is 3.34. The molecule has 0 saturated heterocycles. The molecule has 1 aliphatic heterocycles. The van der Waals surface area contributed by atoms with Crippen LogP contribution in [0.15, 0.2) is 30.6 Å². The van der Waals surface area contributed by atoms with E-state index in [2.05, 4.69) is 10.4 Å². The van der Waals surface area contributed by atoms with E-state index in [4.69, 9.17) is 0 Å². The molecule has 0 unspecified atom stereocenters. The molecule has 2 heterocycles. The minimum atomic E-state index is -0.255. The number of anilines is 1. The van der Waals surface area contributed by atoms with Crippen LogP contribution in [-0.4, -0.2) is 33.5 Å². The molecule has 2 aromatic rings. The van der Waals surface area contributed by atoms with E-state index in [0.29, 0.717) is 17.7 Å². The van der Waals surface area contributed by atoms with E-state index in [1.54, 1.807) is 29.1 Å². The van der Waals surface area contributed by atoms with Crippen LogP contribution in [-0.2, 0) is 13.6 Å². The second-order valence-corrected chi connectivity index (χ2v) is 4.81. The van der Waals surface area contributed by atoms with Crippen molar-refractivity contribution in [1.29, 1.82) is 0 Å². The van der Waals surface area contributed by atoms with Gasteiger partial charge in [-0.25, -0.2) is 0 Å². The van der Waals surface area contributed by atoms with Crippen LogP contribution in [0.2, 0.25) is 0 Å². The fraction of sp³-hybridized carbons (Fsp3) is 0.214. The highest BCUT2D eigenvalue weighted by Gasteiger charge is 2.32. The van der Waals surface area contributed by atoms with Crippen molar-refractivity contribution in [1.82, 2.24) is 14.7 Å². The van der Waals surface area contributed by atoms with Crippen LogP contribution in [0, 0.1) is 0 Å². The molecular formula is C14H14N4O2. The maximum absolute atomic E-state index is 11.9. The molecule has 6 heteroatoms. The van der Waals surface area contributed by atoms with E-state index in [9.17, 15) is 9.59 Å². The molecule has 3 rings (SSSR count). The molecule has 1 aromatic carbocycles. The molecule has 102 valence electrons.